The van der Waals surface area contributed by atoms with Crippen LogP contribution >= 0.6 is 15.9 Å². The molecule has 116 valence electrons. The lowest BCUT2D eigenvalue weighted by Crippen LogP contribution is -2.34. The van der Waals surface area contributed by atoms with Crippen LogP contribution in [0, 0.1) is 5.92 Å². The van der Waals surface area contributed by atoms with Crippen LogP contribution in [0.25, 0.3) is 0 Å². The second-order valence-corrected chi connectivity index (χ2v) is 6.92. The lowest BCUT2D eigenvalue weighted by molar-refractivity contribution is 0.237. The SMILES string of the molecule is O=c1c(Br)c(NCCN2CCCCC2)cnn1CC1CC1. The van der Waals surface area contributed by atoms with Crippen molar-refractivity contribution >= 4 is 21.6 Å². The number of aromatic nitrogens is 2. The van der Waals surface area contributed by atoms with E-state index in [2.05, 4.69) is 31.2 Å². The molecule has 1 aromatic rings. The summed E-state index contributed by atoms with van der Waals surface area (Å²) in [7, 11) is 0. The highest BCUT2D eigenvalue weighted by atomic mass is 79.9. The minimum Gasteiger partial charge on any atom is -0.381 e. The van der Waals surface area contributed by atoms with Gasteiger partial charge in [-0.1, -0.05) is 6.42 Å². The molecule has 6 heteroatoms. The maximum Gasteiger partial charge on any atom is 0.283 e. The predicted octanol–water partition coefficient (Wildman–Crippen LogP) is 2.31. The summed E-state index contributed by atoms with van der Waals surface area (Å²) >= 11 is 3.42. The molecule has 2 fully saturated rings. The van der Waals surface area contributed by atoms with Gasteiger partial charge in [-0.15, -0.1) is 0 Å². The summed E-state index contributed by atoms with van der Waals surface area (Å²) in [6.07, 6.45) is 8.19. The van der Waals surface area contributed by atoms with Crippen molar-refractivity contribution in [3.05, 3.63) is 21.0 Å². The second kappa shape index (κ2) is 6.92. The van der Waals surface area contributed by atoms with Crippen LogP contribution in [0.5, 0.6) is 0 Å². The quantitative estimate of drug-likeness (QED) is 0.851. The van der Waals surface area contributed by atoms with E-state index in [1.165, 1.54) is 45.2 Å². The van der Waals surface area contributed by atoms with Gasteiger partial charge >= 0.3 is 0 Å². The van der Waals surface area contributed by atoms with Crippen LogP contribution in [0.3, 0.4) is 0 Å². The third kappa shape index (κ3) is 4.07. The number of hydrogen-bond acceptors (Lipinski definition) is 4. The number of nitrogens with zero attached hydrogens (tertiary/aromatic N) is 3. The van der Waals surface area contributed by atoms with Gasteiger partial charge in [0.05, 0.1) is 11.9 Å². The van der Waals surface area contributed by atoms with E-state index in [1.54, 1.807) is 10.9 Å². The van der Waals surface area contributed by atoms with Crippen LogP contribution < -0.4 is 10.9 Å². The standard InChI is InChI=1S/C15H23BrN4O/c16-14-13(17-6-9-19-7-2-1-3-8-19)10-18-20(15(14)21)11-12-4-5-12/h10,12,17H,1-9,11H2. The fraction of sp³-hybridized carbons (Fsp3) is 0.733. The largest absolute Gasteiger partial charge is 0.381 e. The number of hydrogen-bond donors (Lipinski definition) is 1. The summed E-state index contributed by atoms with van der Waals surface area (Å²) < 4.78 is 2.19. The van der Waals surface area contributed by atoms with Crippen LogP contribution in [0.15, 0.2) is 15.5 Å². The molecule has 0 atom stereocenters. The van der Waals surface area contributed by atoms with E-state index in [1.807, 2.05) is 0 Å². The molecule has 21 heavy (non-hydrogen) atoms. The average Bonchev–Trinajstić information content (AvgIpc) is 3.31. The Hall–Kier alpha value is -0.880. The third-order valence-corrected chi connectivity index (χ3v) is 5.07. The summed E-state index contributed by atoms with van der Waals surface area (Å²) in [5, 5.41) is 7.62. The van der Waals surface area contributed by atoms with E-state index in [-0.39, 0.29) is 5.56 Å². The number of nitrogens with one attached hydrogen (secondary N) is 1. The molecule has 0 aromatic carbocycles. The maximum absolute atomic E-state index is 12.2. The summed E-state index contributed by atoms with van der Waals surface area (Å²) in [4.78, 5) is 14.7. The summed E-state index contributed by atoms with van der Waals surface area (Å²) in [6.45, 7) is 5.03. The monoisotopic (exact) mass is 354 g/mol. The second-order valence-electron chi connectivity index (χ2n) is 6.13. The average molecular weight is 355 g/mol. The molecule has 1 aliphatic heterocycles. The lowest BCUT2D eigenvalue weighted by Gasteiger charge is -2.26. The molecule has 1 aromatic heterocycles. The van der Waals surface area contributed by atoms with Crippen molar-refractivity contribution in [2.75, 3.05) is 31.5 Å². The van der Waals surface area contributed by atoms with Crippen molar-refractivity contribution in [1.29, 1.82) is 0 Å². The maximum atomic E-state index is 12.2. The van der Waals surface area contributed by atoms with Gasteiger partial charge in [-0.2, -0.15) is 5.10 Å². The fourth-order valence-electron chi connectivity index (χ4n) is 2.80. The highest BCUT2D eigenvalue weighted by Gasteiger charge is 2.23. The molecule has 3 rings (SSSR count). The molecule has 0 amide bonds. The molecule has 0 bridgehead atoms. The van der Waals surface area contributed by atoms with Crippen molar-refractivity contribution in [3.8, 4) is 0 Å². The van der Waals surface area contributed by atoms with Gasteiger partial charge in [-0.25, -0.2) is 4.68 Å². The molecule has 2 heterocycles. The molecule has 2 aliphatic rings. The van der Waals surface area contributed by atoms with Crippen molar-refractivity contribution < 1.29 is 0 Å². The topological polar surface area (TPSA) is 50.2 Å². The summed E-state index contributed by atoms with van der Waals surface area (Å²) in [6, 6.07) is 0. The lowest BCUT2D eigenvalue weighted by atomic mass is 10.1. The highest BCUT2D eigenvalue weighted by molar-refractivity contribution is 9.10. The van der Waals surface area contributed by atoms with Crippen molar-refractivity contribution in [1.82, 2.24) is 14.7 Å². The predicted molar refractivity (Wildman–Crippen MR) is 87.7 cm³/mol. The first kappa shape index (κ1) is 15.0. The number of rotatable bonds is 6. The summed E-state index contributed by atoms with van der Waals surface area (Å²) in [5.41, 5.74) is 0.786. The van der Waals surface area contributed by atoms with Crippen LogP contribution in [0.4, 0.5) is 5.69 Å². The number of likely N-dealkylation sites (tertiary alicyclic amines) is 1. The minimum atomic E-state index is -0.0233. The smallest absolute Gasteiger partial charge is 0.283 e. The molecule has 1 aliphatic carbocycles. The Bertz CT molecular complexity index is 535. The van der Waals surface area contributed by atoms with Crippen molar-refractivity contribution in [2.45, 2.75) is 38.6 Å². The zero-order valence-corrected chi connectivity index (χ0v) is 13.9. The van der Waals surface area contributed by atoms with E-state index < -0.39 is 0 Å². The Kier molecular flexibility index (Phi) is 4.95. The molecule has 0 unspecified atom stereocenters. The van der Waals surface area contributed by atoms with Gasteiger partial charge in [0.2, 0.25) is 0 Å². The number of anilines is 1. The van der Waals surface area contributed by atoms with Gasteiger partial charge < -0.3 is 10.2 Å². The van der Waals surface area contributed by atoms with Gasteiger partial charge in [-0.3, -0.25) is 4.79 Å². The van der Waals surface area contributed by atoms with Crippen LogP contribution in [0.1, 0.15) is 32.1 Å². The molecular formula is C15H23BrN4O. The first-order chi connectivity index (χ1) is 10.2. The summed E-state index contributed by atoms with van der Waals surface area (Å²) in [5.74, 6) is 0.653. The molecule has 1 saturated carbocycles. The minimum absolute atomic E-state index is 0.0233. The molecule has 0 radical (unpaired) electrons. The fourth-order valence-corrected chi connectivity index (χ4v) is 3.24. The van der Waals surface area contributed by atoms with Gasteiger partial charge in [0.1, 0.15) is 4.47 Å². The van der Waals surface area contributed by atoms with E-state index >= 15 is 0 Å². The van der Waals surface area contributed by atoms with Gasteiger partial charge in [0, 0.05) is 19.6 Å². The van der Waals surface area contributed by atoms with Crippen LogP contribution in [0.2, 0.25) is 0 Å². The first-order valence-electron chi connectivity index (χ1n) is 7.96. The van der Waals surface area contributed by atoms with E-state index in [0.29, 0.717) is 10.4 Å². The van der Waals surface area contributed by atoms with Crippen LogP contribution in [-0.4, -0.2) is 40.9 Å². The van der Waals surface area contributed by atoms with Crippen molar-refractivity contribution in [2.24, 2.45) is 5.92 Å². The zero-order valence-electron chi connectivity index (χ0n) is 12.4. The molecule has 1 N–H and O–H groups in total. The molecule has 5 nitrogen and oxygen atoms in total. The third-order valence-electron chi connectivity index (χ3n) is 4.31. The van der Waals surface area contributed by atoms with E-state index in [0.717, 1.165) is 25.3 Å². The van der Waals surface area contributed by atoms with Crippen molar-refractivity contribution in [3.63, 3.8) is 0 Å². The Morgan fingerprint density at radius 1 is 1.29 bits per heavy atom. The highest BCUT2D eigenvalue weighted by Crippen LogP contribution is 2.30. The number of piperidine rings is 1. The molecule has 1 saturated heterocycles. The Morgan fingerprint density at radius 3 is 2.76 bits per heavy atom. The van der Waals surface area contributed by atoms with Gasteiger partial charge in [-0.05, 0) is 60.6 Å². The normalized spacial score (nSPS) is 19.7. The molecular weight excluding hydrogens is 332 g/mol. The Balaban J connectivity index is 1.54. The number of halogens is 1. The zero-order chi connectivity index (χ0) is 14.7. The Labute approximate surface area is 133 Å². The first-order valence-corrected chi connectivity index (χ1v) is 8.75. The Morgan fingerprint density at radius 2 is 2.05 bits per heavy atom. The van der Waals surface area contributed by atoms with Crippen LogP contribution in [-0.2, 0) is 6.54 Å². The van der Waals surface area contributed by atoms with E-state index in [4.69, 9.17) is 0 Å². The van der Waals surface area contributed by atoms with Gasteiger partial charge in [0.25, 0.3) is 5.56 Å². The van der Waals surface area contributed by atoms with E-state index in [9.17, 15) is 4.79 Å². The van der Waals surface area contributed by atoms with Gasteiger partial charge in [0.15, 0.2) is 0 Å². The molecule has 0 spiro atoms.